The second kappa shape index (κ2) is 7.75. The molecule has 3 rings (SSSR count). The summed E-state index contributed by atoms with van der Waals surface area (Å²) in [5, 5.41) is 9.51. The summed E-state index contributed by atoms with van der Waals surface area (Å²) >= 11 is 0. The van der Waals surface area contributed by atoms with E-state index in [0.717, 1.165) is 12.0 Å². The molecular formula is C21H20N2O3. The highest BCUT2D eigenvalue weighted by atomic mass is 16.5. The van der Waals surface area contributed by atoms with Crippen molar-refractivity contribution >= 4 is 12.0 Å². The predicted octanol–water partition coefficient (Wildman–Crippen LogP) is 3.20. The van der Waals surface area contributed by atoms with Crippen molar-refractivity contribution in [2.45, 2.75) is 13.0 Å². The van der Waals surface area contributed by atoms with E-state index < -0.39 is 0 Å². The van der Waals surface area contributed by atoms with Crippen LogP contribution in [0.1, 0.15) is 16.7 Å². The smallest absolute Gasteiger partial charge is 0.264 e. The highest BCUT2D eigenvalue weighted by Crippen LogP contribution is 2.25. The molecule has 0 saturated carbocycles. The summed E-state index contributed by atoms with van der Waals surface area (Å²) in [7, 11) is 3.12. The van der Waals surface area contributed by atoms with E-state index in [1.807, 2.05) is 24.3 Å². The first-order valence-corrected chi connectivity index (χ1v) is 8.35. The van der Waals surface area contributed by atoms with Crippen LogP contribution in [0.25, 0.3) is 6.08 Å². The van der Waals surface area contributed by atoms with Gasteiger partial charge in [0.25, 0.3) is 5.91 Å². The van der Waals surface area contributed by atoms with Gasteiger partial charge < -0.3 is 14.4 Å². The van der Waals surface area contributed by atoms with Gasteiger partial charge >= 0.3 is 0 Å². The van der Waals surface area contributed by atoms with Gasteiger partial charge in [-0.15, -0.1) is 0 Å². The van der Waals surface area contributed by atoms with Crippen LogP contribution in [0, 0.1) is 11.3 Å². The molecule has 2 aromatic rings. The van der Waals surface area contributed by atoms with Gasteiger partial charge in [-0.05, 0) is 41.3 Å². The average Bonchev–Trinajstić information content (AvgIpc) is 2.70. The summed E-state index contributed by atoms with van der Waals surface area (Å²) in [6.45, 7) is 1.13. The van der Waals surface area contributed by atoms with Gasteiger partial charge in [0.05, 0.1) is 14.2 Å². The summed E-state index contributed by atoms with van der Waals surface area (Å²) in [6, 6.07) is 15.4. The zero-order chi connectivity index (χ0) is 18.5. The number of carbonyl (C=O) groups excluding carboxylic acids is 1. The third-order valence-electron chi connectivity index (χ3n) is 4.45. The molecule has 5 heteroatoms. The third kappa shape index (κ3) is 3.70. The Morgan fingerprint density at radius 3 is 2.38 bits per heavy atom. The van der Waals surface area contributed by atoms with E-state index in [2.05, 4.69) is 6.07 Å². The Labute approximate surface area is 153 Å². The van der Waals surface area contributed by atoms with E-state index in [9.17, 15) is 10.1 Å². The molecule has 2 aromatic carbocycles. The van der Waals surface area contributed by atoms with Crippen molar-refractivity contribution in [3.63, 3.8) is 0 Å². The largest absolute Gasteiger partial charge is 0.497 e. The van der Waals surface area contributed by atoms with Crippen LogP contribution in [0.5, 0.6) is 11.5 Å². The number of fused-ring (bicyclic) bond motifs is 1. The molecule has 5 nitrogen and oxygen atoms in total. The number of methoxy groups -OCH3 is 2. The van der Waals surface area contributed by atoms with E-state index in [1.54, 1.807) is 43.4 Å². The van der Waals surface area contributed by atoms with Crippen molar-refractivity contribution in [3.8, 4) is 17.6 Å². The second-order valence-corrected chi connectivity index (χ2v) is 6.06. The molecule has 1 heterocycles. The van der Waals surface area contributed by atoms with Crippen LogP contribution in [-0.4, -0.2) is 31.6 Å². The molecule has 1 aliphatic rings. The molecule has 0 aliphatic carbocycles. The minimum absolute atomic E-state index is 0.0969. The van der Waals surface area contributed by atoms with Crippen molar-refractivity contribution in [1.29, 1.82) is 5.26 Å². The fraction of sp³-hybridized carbons (Fsp3) is 0.238. The predicted molar refractivity (Wildman–Crippen MR) is 98.7 cm³/mol. The van der Waals surface area contributed by atoms with Crippen LogP contribution in [0.15, 0.2) is 48.0 Å². The Morgan fingerprint density at radius 2 is 1.77 bits per heavy atom. The van der Waals surface area contributed by atoms with E-state index >= 15 is 0 Å². The normalized spacial score (nSPS) is 13.6. The maximum absolute atomic E-state index is 12.8. The number of nitrogens with zero attached hydrogens (tertiary/aromatic N) is 2. The highest BCUT2D eigenvalue weighted by Gasteiger charge is 2.23. The summed E-state index contributed by atoms with van der Waals surface area (Å²) in [5.41, 5.74) is 3.17. The average molecular weight is 348 g/mol. The van der Waals surface area contributed by atoms with E-state index in [-0.39, 0.29) is 11.5 Å². The lowest BCUT2D eigenvalue weighted by Crippen LogP contribution is -2.36. The first kappa shape index (κ1) is 17.6. The number of hydrogen-bond donors (Lipinski definition) is 0. The molecule has 0 bridgehead atoms. The van der Waals surface area contributed by atoms with Crippen LogP contribution in [0.2, 0.25) is 0 Å². The van der Waals surface area contributed by atoms with Crippen LogP contribution >= 0.6 is 0 Å². The number of nitriles is 1. The summed E-state index contributed by atoms with van der Waals surface area (Å²) in [4.78, 5) is 14.5. The Kier molecular flexibility index (Phi) is 5.23. The van der Waals surface area contributed by atoms with Gasteiger partial charge in [0.2, 0.25) is 0 Å². The van der Waals surface area contributed by atoms with Gasteiger partial charge in [0.1, 0.15) is 23.1 Å². The lowest BCUT2D eigenvalue weighted by molar-refractivity contribution is -0.127. The number of ether oxygens (including phenoxy) is 2. The van der Waals surface area contributed by atoms with E-state index in [1.165, 1.54) is 5.56 Å². The molecular weight excluding hydrogens is 328 g/mol. The standard InChI is InChI=1S/C21H20N2O3/c1-25-19-10-15(11-20(12-19)26-2)9-18(13-22)21(24)23-8-7-16-5-3-4-6-17(16)14-23/h3-6,9-12H,7-8,14H2,1-2H3/b18-9+. The summed E-state index contributed by atoms with van der Waals surface area (Å²) < 4.78 is 10.5. The van der Waals surface area contributed by atoms with Gasteiger partial charge in [-0.2, -0.15) is 5.26 Å². The number of rotatable bonds is 4. The molecule has 0 aromatic heterocycles. The van der Waals surface area contributed by atoms with Gasteiger partial charge in [-0.3, -0.25) is 4.79 Å². The van der Waals surface area contributed by atoms with Crippen LogP contribution < -0.4 is 9.47 Å². The molecule has 0 fully saturated rings. The van der Waals surface area contributed by atoms with Crippen LogP contribution in [-0.2, 0) is 17.8 Å². The molecule has 0 radical (unpaired) electrons. The van der Waals surface area contributed by atoms with Crippen molar-refractivity contribution in [1.82, 2.24) is 4.90 Å². The van der Waals surface area contributed by atoms with Crippen molar-refractivity contribution in [3.05, 3.63) is 64.7 Å². The number of hydrogen-bond acceptors (Lipinski definition) is 4. The highest BCUT2D eigenvalue weighted by molar-refractivity contribution is 6.01. The van der Waals surface area contributed by atoms with Crippen molar-refractivity contribution in [2.75, 3.05) is 20.8 Å². The topological polar surface area (TPSA) is 62.6 Å². The SMILES string of the molecule is COc1cc(/C=C(\C#N)C(=O)N2CCc3ccccc3C2)cc(OC)c1. The number of benzene rings is 2. The van der Waals surface area contributed by atoms with Gasteiger partial charge in [-0.25, -0.2) is 0 Å². The van der Waals surface area contributed by atoms with Gasteiger partial charge in [0, 0.05) is 19.2 Å². The molecule has 0 N–H and O–H groups in total. The minimum Gasteiger partial charge on any atom is -0.497 e. The molecule has 0 saturated heterocycles. The molecule has 1 amide bonds. The lowest BCUT2D eigenvalue weighted by atomic mass is 9.99. The van der Waals surface area contributed by atoms with E-state index in [4.69, 9.17) is 9.47 Å². The second-order valence-electron chi connectivity index (χ2n) is 6.06. The van der Waals surface area contributed by atoms with Crippen LogP contribution in [0.4, 0.5) is 0 Å². The monoisotopic (exact) mass is 348 g/mol. The quantitative estimate of drug-likeness (QED) is 0.629. The molecule has 0 atom stereocenters. The molecule has 0 unspecified atom stereocenters. The fourth-order valence-electron chi connectivity index (χ4n) is 3.06. The van der Waals surface area contributed by atoms with Crippen LogP contribution in [0.3, 0.4) is 0 Å². The first-order chi connectivity index (χ1) is 12.6. The maximum Gasteiger partial charge on any atom is 0.264 e. The zero-order valence-corrected chi connectivity index (χ0v) is 14.9. The maximum atomic E-state index is 12.8. The Bertz CT molecular complexity index is 874. The number of amides is 1. The van der Waals surface area contributed by atoms with Gasteiger partial charge in [-0.1, -0.05) is 24.3 Å². The molecule has 26 heavy (non-hydrogen) atoms. The molecule has 0 spiro atoms. The third-order valence-corrected chi connectivity index (χ3v) is 4.45. The Balaban J connectivity index is 1.86. The lowest BCUT2D eigenvalue weighted by Gasteiger charge is -2.28. The Morgan fingerprint density at radius 1 is 1.12 bits per heavy atom. The zero-order valence-electron chi connectivity index (χ0n) is 14.9. The van der Waals surface area contributed by atoms with Crippen molar-refractivity contribution < 1.29 is 14.3 Å². The fourth-order valence-corrected chi connectivity index (χ4v) is 3.06. The molecule has 132 valence electrons. The molecule has 1 aliphatic heterocycles. The summed E-state index contributed by atoms with van der Waals surface area (Å²) in [5.74, 6) is 0.947. The number of carbonyl (C=O) groups is 1. The Hall–Kier alpha value is -3.26. The van der Waals surface area contributed by atoms with Crippen molar-refractivity contribution in [2.24, 2.45) is 0 Å². The summed E-state index contributed by atoms with van der Waals surface area (Å²) in [6.07, 6.45) is 2.38. The first-order valence-electron chi connectivity index (χ1n) is 8.35. The van der Waals surface area contributed by atoms with E-state index in [0.29, 0.717) is 30.2 Å². The minimum atomic E-state index is -0.260. The van der Waals surface area contributed by atoms with Gasteiger partial charge in [0.15, 0.2) is 0 Å².